The molecular formula is C22H27N3O2. The molecular weight excluding hydrogens is 338 g/mol. The highest BCUT2D eigenvalue weighted by Crippen LogP contribution is 2.31. The van der Waals surface area contributed by atoms with Crippen LogP contribution in [0.2, 0.25) is 0 Å². The van der Waals surface area contributed by atoms with E-state index in [0.717, 1.165) is 45.0 Å². The van der Waals surface area contributed by atoms with E-state index in [1.54, 1.807) is 0 Å². The number of benzene rings is 2. The lowest BCUT2D eigenvalue weighted by Crippen LogP contribution is -2.36. The van der Waals surface area contributed by atoms with E-state index in [4.69, 9.17) is 4.74 Å². The Morgan fingerprint density at radius 1 is 1.11 bits per heavy atom. The van der Waals surface area contributed by atoms with Crippen LogP contribution in [0.15, 0.2) is 48.5 Å². The van der Waals surface area contributed by atoms with Crippen LogP contribution >= 0.6 is 0 Å². The van der Waals surface area contributed by atoms with Crippen molar-refractivity contribution < 1.29 is 9.53 Å². The molecule has 1 fully saturated rings. The second-order valence-corrected chi connectivity index (χ2v) is 7.32. The third-order valence-corrected chi connectivity index (χ3v) is 5.46. The Bertz CT molecular complexity index is 784. The summed E-state index contributed by atoms with van der Waals surface area (Å²) in [6.07, 6.45) is 1.55. The number of carbonyl (C=O) groups excluding carboxylic acids is 1. The minimum absolute atomic E-state index is 0.0608. The van der Waals surface area contributed by atoms with E-state index in [1.807, 2.05) is 12.1 Å². The number of hydrogen-bond donors (Lipinski definition) is 1. The van der Waals surface area contributed by atoms with Crippen molar-refractivity contribution in [3.63, 3.8) is 0 Å². The van der Waals surface area contributed by atoms with Crippen molar-refractivity contribution >= 4 is 23.0 Å². The quantitative estimate of drug-likeness (QED) is 0.883. The third-order valence-electron chi connectivity index (χ3n) is 5.46. The number of carbonyl (C=O) groups is 1. The van der Waals surface area contributed by atoms with E-state index < -0.39 is 0 Å². The Morgan fingerprint density at radius 2 is 1.85 bits per heavy atom. The van der Waals surface area contributed by atoms with Crippen LogP contribution in [-0.2, 0) is 16.0 Å². The standard InChI is InChI=1S/C22H27N3O2/c1-17-16-18-4-2-3-5-21(18)25(17)11-10-22(26)23-19-6-8-20(9-7-19)24-12-14-27-15-13-24/h2-9,17H,10-16H2,1H3,(H,23,26). The van der Waals surface area contributed by atoms with Crippen molar-refractivity contribution in [2.75, 3.05) is 48.0 Å². The molecule has 5 heteroatoms. The summed E-state index contributed by atoms with van der Waals surface area (Å²) in [7, 11) is 0. The highest BCUT2D eigenvalue weighted by molar-refractivity contribution is 5.91. The molecule has 0 spiro atoms. The maximum atomic E-state index is 12.4. The first-order valence-corrected chi connectivity index (χ1v) is 9.78. The fraction of sp³-hybridized carbons (Fsp3) is 0.409. The summed E-state index contributed by atoms with van der Waals surface area (Å²) < 4.78 is 5.39. The van der Waals surface area contributed by atoms with E-state index in [1.165, 1.54) is 16.9 Å². The Hall–Kier alpha value is -2.53. The van der Waals surface area contributed by atoms with Gasteiger partial charge in [0, 0.05) is 49.2 Å². The molecule has 0 saturated carbocycles. The van der Waals surface area contributed by atoms with E-state index in [9.17, 15) is 4.79 Å². The molecule has 1 atom stereocenters. The summed E-state index contributed by atoms with van der Waals surface area (Å²) in [5.74, 6) is 0.0608. The zero-order chi connectivity index (χ0) is 18.6. The summed E-state index contributed by atoms with van der Waals surface area (Å²) in [6, 6.07) is 17.0. The van der Waals surface area contributed by atoms with Gasteiger partial charge in [0.2, 0.25) is 5.91 Å². The predicted molar refractivity (Wildman–Crippen MR) is 110 cm³/mol. The molecule has 2 aromatic carbocycles. The molecule has 2 aromatic rings. The lowest BCUT2D eigenvalue weighted by atomic mass is 10.1. The summed E-state index contributed by atoms with van der Waals surface area (Å²) in [6.45, 7) is 6.35. The van der Waals surface area contributed by atoms with Crippen molar-refractivity contribution in [2.24, 2.45) is 0 Å². The fourth-order valence-electron chi connectivity index (χ4n) is 3.99. The average Bonchev–Trinajstić information content (AvgIpc) is 3.03. The smallest absolute Gasteiger partial charge is 0.226 e. The molecule has 0 aliphatic carbocycles. The zero-order valence-electron chi connectivity index (χ0n) is 15.9. The highest BCUT2D eigenvalue weighted by atomic mass is 16.5. The first-order chi connectivity index (χ1) is 13.2. The molecule has 2 aliphatic heterocycles. The fourth-order valence-corrected chi connectivity index (χ4v) is 3.99. The maximum absolute atomic E-state index is 12.4. The van der Waals surface area contributed by atoms with Crippen LogP contribution in [0.1, 0.15) is 18.9 Å². The van der Waals surface area contributed by atoms with Gasteiger partial charge in [0.15, 0.2) is 0 Å². The van der Waals surface area contributed by atoms with Crippen molar-refractivity contribution in [1.82, 2.24) is 0 Å². The van der Waals surface area contributed by atoms with Crippen LogP contribution in [0.4, 0.5) is 17.1 Å². The molecule has 0 bridgehead atoms. The van der Waals surface area contributed by atoms with Crippen molar-refractivity contribution in [2.45, 2.75) is 25.8 Å². The van der Waals surface area contributed by atoms with E-state index in [2.05, 4.69) is 58.4 Å². The molecule has 142 valence electrons. The Morgan fingerprint density at radius 3 is 2.63 bits per heavy atom. The predicted octanol–water partition coefficient (Wildman–Crippen LogP) is 3.30. The molecule has 0 aromatic heterocycles. The number of nitrogens with zero attached hydrogens (tertiary/aromatic N) is 2. The molecule has 2 heterocycles. The topological polar surface area (TPSA) is 44.8 Å². The monoisotopic (exact) mass is 365 g/mol. The number of rotatable bonds is 5. The third kappa shape index (κ3) is 4.08. The summed E-state index contributed by atoms with van der Waals surface area (Å²) in [5, 5.41) is 3.03. The highest BCUT2D eigenvalue weighted by Gasteiger charge is 2.25. The van der Waals surface area contributed by atoms with Gasteiger partial charge in [-0.2, -0.15) is 0 Å². The SMILES string of the molecule is CC1Cc2ccccc2N1CCC(=O)Nc1ccc(N2CCOCC2)cc1. The Labute approximate surface area is 160 Å². The lowest BCUT2D eigenvalue weighted by Gasteiger charge is -2.29. The van der Waals surface area contributed by atoms with Crippen LogP contribution in [0.3, 0.4) is 0 Å². The number of ether oxygens (including phenoxy) is 1. The van der Waals surface area contributed by atoms with Gasteiger partial charge in [-0.25, -0.2) is 0 Å². The van der Waals surface area contributed by atoms with E-state index in [-0.39, 0.29) is 5.91 Å². The van der Waals surface area contributed by atoms with Crippen LogP contribution in [-0.4, -0.2) is 44.8 Å². The number of para-hydroxylation sites is 1. The van der Waals surface area contributed by atoms with E-state index >= 15 is 0 Å². The molecule has 27 heavy (non-hydrogen) atoms. The van der Waals surface area contributed by atoms with Gasteiger partial charge in [-0.05, 0) is 49.2 Å². The number of amides is 1. The number of morpholine rings is 1. The minimum atomic E-state index is 0.0608. The number of nitrogens with one attached hydrogen (secondary N) is 1. The normalized spacial score (nSPS) is 19.1. The van der Waals surface area contributed by atoms with Gasteiger partial charge in [-0.1, -0.05) is 18.2 Å². The molecule has 2 aliphatic rings. The molecule has 1 unspecified atom stereocenters. The largest absolute Gasteiger partial charge is 0.378 e. The van der Waals surface area contributed by atoms with Gasteiger partial charge in [-0.3, -0.25) is 4.79 Å². The summed E-state index contributed by atoms with van der Waals surface area (Å²) in [5.41, 5.74) is 4.68. The maximum Gasteiger partial charge on any atom is 0.226 e. The van der Waals surface area contributed by atoms with Gasteiger partial charge < -0.3 is 19.9 Å². The number of anilines is 3. The van der Waals surface area contributed by atoms with Crippen LogP contribution in [0.5, 0.6) is 0 Å². The van der Waals surface area contributed by atoms with Gasteiger partial charge in [0.1, 0.15) is 0 Å². The lowest BCUT2D eigenvalue weighted by molar-refractivity contribution is -0.116. The van der Waals surface area contributed by atoms with Gasteiger partial charge in [0.05, 0.1) is 13.2 Å². The summed E-state index contributed by atoms with van der Waals surface area (Å²) >= 11 is 0. The van der Waals surface area contributed by atoms with Crippen LogP contribution < -0.4 is 15.1 Å². The van der Waals surface area contributed by atoms with Crippen LogP contribution in [0.25, 0.3) is 0 Å². The van der Waals surface area contributed by atoms with Gasteiger partial charge >= 0.3 is 0 Å². The molecule has 4 rings (SSSR count). The molecule has 1 amide bonds. The van der Waals surface area contributed by atoms with Crippen molar-refractivity contribution in [1.29, 1.82) is 0 Å². The first-order valence-electron chi connectivity index (χ1n) is 9.78. The van der Waals surface area contributed by atoms with Gasteiger partial charge in [0.25, 0.3) is 0 Å². The van der Waals surface area contributed by atoms with Crippen LogP contribution in [0, 0.1) is 0 Å². The zero-order valence-corrected chi connectivity index (χ0v) is 15.9. The molecule has 0 radical (unpaired) electrons. The number of fused-ring (bicyclic) bond motifs is 1. The van der Waals surface area contributed by atoms with Crippen molar-refractivity contribution in [3.05, 3.63) is 54.1 Å². The summed E-state index contributed by atoms with van der Waals surface area (Å²) in [4.78, 5) is 17.1. The van der Waals surface area contributed by atoms with Crippen molar-refractivity contribution in [3.8, 4) is 0 Å². The van der Waals surface area contributed by atoms with E-state index in [0.29, 0.717) is 12.5 Å². The molecule has 1 saturated heterocycles. The molecule has 1 N–H and O–H groups in total. The first kappa shape index (κ1) is 17.9. The second-order valence-electron chi connectivity index (χ2n) is 7.32. The average molecular weight is 365 g/mol. The minimum Gasteiger partial charge on any atom is -0.378 e. The van der Waals surface area contributed by atoms with Gasteiger partial charge in [-0.15, -0.1) is 0 Å². The second kappa shape index (κ2) is 8.01. The Balaban J connectivity index is 1.31. The molecule has 5 nitrogen and oxygen atoms in total. The Kier molecular flexibility index (Phi) is 5.30. The number of hydrogen-bond acceptors (Lipinski definition) is 4.